The van der Waals surface area contributed by atoms with Crippen molar-refractivity contribution in [2.45, 2.75) is 26.3 Å². The van der Waals surface area contributed by atoms with Crippen LogP contribution in [0.25, 0.3) is 0 Å². The van der Waals surface area contributed by atoms with Gasteiger partial charge in [-0.05, 0) is 0 Å². The molecule has 0 saturated carbocycles. The van der Waals surface area contributed by atoms with Crippen molar-refractivity contribution in [2.75, 3.05) is 0 Å². The Bertz CT molecular complexity index is 206. The maximum atomic E-state index is 2.19. The third-order valence-electron chi connectivity index (χ3n) is 1.49. The Morgan fingerprint density at radius 2 is 1.33 bits per heavy atom. The summed E-state index contributed by atoms with van der Waals surface area (Å²) in [6.07, 6.45) is 4.17. The molecule has 12 heavy (non-hydrogen) atoms. The van der Waals surface area contributed by atoms with Crippen molar-refractivity contribution in [3.05, 3.63) is 30.6 Å². The van der Waals surface area contributed by atoms with E-state index in [1.807, 2.05) is 18.2 Å². The summed E-state index contributed by atoms with van der Waals surface area (Å²) < 4.78 is 2.19. The van der Waals surface area contributed by atoms with E-state index in [0.29, 0.717) is 0 Å². The van der Waals surface area contributed by atoms with Crippen LogP contribution in [-0.4, -0.2) is 18.9 Å². The molecule has 0 aliphatic carbocycles. The molecule has 0 aliphatic rings. The first-order chi connectivity index (χ1) is 4.61. The Morgan fingerprint density at radius 3 is 1.58 bits per heavy atom. The first kappa shape index (κ1) is 14.7. The molecule has 0 aliphatic heterocycles. The molecule has 1 heterocycles. The average molecular weight is 178 g/mol. The van der Waals surface area contributed by atoms with Gasteiger partial charge >= 0.3 is 18.9 Å². The molecular formula is C9H18LiNP+. The summed E-state index contributed by atoms with van der Waals surface area (Å²) in [6, 6.07) is 6.12. The van der Waals surface area contributed by atoms with Gasteiger partial charge in [-0.3, -0.25) is 0 Å². The van der Waals surface area contributed by atoms with E-state index < -0.39 is 0 Å². The van der Waals surface area contributed by atoms with Crippen LogP contribution < -0.4 is 4.57 Å². The van der Waals surface area contributed by atoms with E-state index in [1.165, 1.54) is 0 Å². The van der Waals surface area contributed by atoms with Crippen molar-refractivity contribution in [1.82, 2.24) is 0 Å². The van der Waals surface area contributed by atoms with Gasteiger partial charge in [0, 0.05) is 32.9 Å². The molecule has 1 nitrogen and oxygen atoms in total. The zero-order chi connectivity index (χ0) is 7.61. The summed E-state index contributed by atoms with van der Waals surface area (Å²) in [5.74, 6) is 0. The molecule has 1 unspecified atom stereocenters. The number of aromatic nitrogens is 1. The van der Waals surface area contributed by atoms with Gasteiger partial charge in [0.05, 0.1) is 0 Å². The minimum absolute atomic E-state index is 0. The van der Waals surface area contributed by atoms with Gasteiger partial charge in [-0.15, -0.1) is 0 Å². The van der Waals surface area contributed by atoms with Crippen LogP contribution in [-0.2, 0) is 5.54 Å². The second kappa shape index (κ2) is 5.76. The molecule has 1 aromatic heterocycles. The van der Waals surface area contributed by atoms with Gasteiger partial charge in [-0.25, -0.2) is 4.57 Å². The fraction of sp³-hybridized carbons (Fsp3) is 0.444. The topological polar surface area (TPSA) is 3.88 Å². The first-order valence-corrected chi connectivity index (χ1v) is 3.57. The molecule has 1 atom stereocenters. The summed E-state index contributed by atoms with van der Waals surface area (Å²) in [5, 5.41) is 0. The average Bonchev–Trinajstić information content (AvgIpc) is 1.88. The number of hydrogen-bond donors (Lipinski definition) is 0. The van der Waals surface area contributed by atoms with Crippen molar-refractivity contribution in [3.63, 3.8) is 0 Å². The summed E-state index contributed by atoms with van der Waals surface area (Å²) in [7, 11) is 0. The standard InChI is InChI=1S/C9H14N.Li.H3P.H/c1-9(2,3)10-7-5-4-6-8-10;;;/h4-8H,1-3H3;;1H3;/q+1;;;. The molecule has 0 aromatic carbocycles. The van der Waals surface area contributed by atoms with E-state index in [1.54, 1.807) is 0 Å². The zero-order valence-electron chi connectivity index (χ0n) is 7.54. The summed E-state index contributed by atoms with van der Waals surface area (Å²) in [5.41, 5.74) is 0.210. The van der Waals surface area contributed by atoms with Gasteiger partial charge < -0.3 is 0 Å². The normalized spacial score (nSPS) is 9.58. The van der Waals surface area contributed by atoms with Crippen LogP contribution in [0.1, 0.15) is 20.8 Å². The molecule has 0 radical (unpaired) electrons. The molecule has 0 N–H and O–H groups in total. The van der Waals surface area contributed by atoms with Crippen LogP contribution in [0, 0.1) is 0 Å². The van der Waals surface area contributed by atoms with Crippen molar-refractivity contribution in [2.24, 2.45) is 0 Å². The van der Waals surface area contributed by atoms with Gasteiger partial charge in [0.2, 0.25) is 0 Å². The molecule has 3 heteroatoms. The Hall–Kier alpha value is 0.177. The van der Waals surface area contributed by atoms with Gasteiger partial charge in [0.15, 0.2) is 17.9 Å². The van der Waals surface area contributed by atoms with E-state index in [2.05, 4.69) is 37.7 Å². The maximum absolute atomic E-state index is 2.19. The summed E-state index contributed by atoms with van der Waals surface area (Å²) >= 11 is 0. The Morgan fingerprint density at radius 1 is 0.917 bits per heavy atom. The fourth-order valence-electron chi connectivity index (χ4n) is 0.846. The van der Waals surface area contributed by atoms with Crippen LogP contribution in [0.4, 0.5) is 0 Å². The van der Waals surface area contributed by atoms with Crippen LogP contribution >= 0.6 is 9.90 Å². The van der Waals surface area contributed by atoms with E-state index >= 15 is 0 Å². The molecule has 0 amide bonds. The molecule has 0 spiro atoms. The molecule has 1 rings (SSSR count). The van der Waals surface area contributed by atoms with Crippen LogP contribution in [0.2, 0.25) is 0 Å². The van der Waals surface area contributed by atoms with Crippen molar-refractivity contribution in [3.8, 4) is 0 Å². The zero-order valence-corrected chi connectivity index (χ0v) is 8.96. The first-order valence-electron chi connectivity index (χ1n) is 3.57. The number of hydrogen-bond acceptors (Lipinski definition) is 0. The predicted octanol–water partition coefficient (Wildman–Crippen LogP) is 1.14. The molecule has 0 bridgehead atoms. The van der Waals surface area contributed by atoms with E-state index in [0.717, 1.165) is 0 Å². The summed E-state index contributed by atoms with van der Waals surface area (Å²) in [4.78, 5) is 0. The molecular weight excluding hydrogens is 160 g/mol. The van der Waals surface area contributed by atoms with Crippen molar-refractivity contribution >= 4 is 28.8 Å². The molecule has 0 fully saturated rings. The van der Waals surface area contributed by atoms with Gasteiger partial charge in [0.25, 0.3) is 0 Å². The Kier molecular flexibility index (Phi) is 7.05. The molecule has 1 aromatic rings. The fourth-order valence-corrected chi connectivity index (χ4v) is 0.846. The van der Waals surface area contributed by atoms with E-state index in [9.17, 15) is 0 Å². The Balaban J connectivity index is 0. The van der Waals surface area contributed by atoms with Gasteiger partial charge in [-0.1, -0.05) is 6.07 Å². The van der Waals surface area contributed by atoms with Crippen molar-refractivity contribution in [1.29, 1.82) is 0 Å². The minimum atomic E-state index is 0. The van der Waals surface area contributed by atoms with Crippen LogP contribution in [0.5, 0.6) is 0 Å². The number of nitrogens with zero attached hydrogens (tertiary/aromatic N) is 1. The van der Waals surface area contributed by atoms with Crippen molar-refractivity contribution < 1.29 is 4.57 Å². The van der Waals surface area contributed by atoms with Gasteiger partial charge in [-0.2, -0.15) is 9.90 Å². The monoisotopic (exact) mass is 178 g/mol. The van der Waals surface area contributed by atoms with E-state index in [-0.39, 0.29) is 34.3 Å². The predicted molar refractivity (Wildman–Crippen MR) is 59.9 cm³/mol. The van der Waals surface area contributed by atoms with Gasteiger partial charge in [0.1, 0.15) is 0 Å². The number of rotatable bonds is 0. The van der Waals surface area contributed by atoms with E-state index in [4.69, 9.17) is 0 Å². The number of pyridine rings is 1. The Labute approximate surface area is 90.4 Å². The quantitative estimate of drug-likeness (QED) is 0.318. The second-order valence-corrected chi connectivity index (χ2v) is 3.45. The van der Waals surface area contributed by atoms with Crippen LogP contribution in [0.3, 0.4) is 0 Å². The molecule has 0 saturated heterocycles. The third kappa shape index (κ3) is 4.26. The second-order valence-electron chi connectivity index (χ2n) is 3.45. The SMILES string of the molecule is CC(C)(C)[n+]1ccccc1.P.[LiH]. The summed E-state index contributed by atoms with van der Waals surface area (Å²) in [6.45, 7) is 6.56. The molecule has 64 valence electrons. The third-order valence-corrected chi connectivity index (χ3v) is 1.49. The van der Waals surface area contributed by atoms with Crippen LogP contribution in [0.15, 0.2) is 30.6 Å².